The van der Waals surface area contributed by atoms with Crippen LogP contribution in [0.5, 0.6) is 11.5 Å². The normalized spacial score (nSPS) is 15.3. The highest BCUT2D eigenvalue weighted by Gasteiger charge is 2.26. The van der Waals surface area contributed by atoms with Gasteiger partial charge in [-0.15, -0.1) is 10.2 Å². The van der Waals surface area contributed by atoms with E-state index in [0.29, 0.717) is 21.8 Å². The van der Waals surface area contributed by atoms with Gasteiger partial charge < -0.3 is 20.1 Å². The first-order valence-electron chi connectivity index (χ1n) is 8.60. The maximum Gasteiger partial charge on any atom is 0.231 e. The van der Waals surface area contributed by atoms with Crippen molar-refractivity contribution in [2.75, 3.05) is 17.9 Å². The maximum absolute atomic E-state index is 12.0. The molecule has 2 amide bonds. The molecule has 1 aliphatic heterocycles. The average Bonchev–Trinajstić information content (AvgIpc) is 3.25. The minimum atomic E-state index is -0.104. The molecule has 2 N–H and O–H groups in total. The zero-order valence-electron chi connectivity index (χ0n) is 14.4. The molecule has 2 aliphatic rings. The second kappa shape index (κ2) is 8.13. The second-order valence-corrected chi connectivity index (χ2v) is 8.44. The smallest absolute Gasteiger partial charge is 0.231 e. The highest BCUT2D eigenvalue weighted by atomic mass is 32.2. The van der Waals surface area contributed by atoms with E-state index < -0.39 is 0 Å². The van der Waals surface area contributed by atoms with Gasteiger partial charge in [-0.05, 0) is 30.5 Å². The number of carbonyl (C=O) groups excluding carboxylic acids is 2. The molecule has 0 saturated heterocycles. The van der Waals surface area contributed by atoms with Crippen LogP contribution in [-0.2, 0) is 16.1 Å². The fraction of sp³-hybridized carbons (Fsp3) is 0.412. The first kappa shape index (κ1) is 18.1. The molecule has 1 aliphatic carbocycles. The number of thioether (sulfide) groups is 1. The molecule has 1 aromatic heterocycles. The Bertz CT molecular complexity index is 853. The molecule has 0 bridgehead atoms. The molecule has 2 heterocycles. The van der Waals surface area contributed by atoms with Gasteiger partial charge in [-0.1, -0.05) is 35.6 Å². The molecule has 2 aromatic rings. The Morgan fingerprint density at radius 2 is 2.07 bits per heavy atom. The van der Waals surface area contributed by atoms with Crippen molar-refractivity contribution in [1.82, 2.24) is 15.5 Å². The van der Waals surface area contributed by atoms with Gasteiger partial charge >= 0.3 is 0 Å². The van der Waals surface area contributed by atoms with Crippen LogP contribution in [0.2, 0.25) is 0 Å². The number of hydrogen-bond acceptors (Lipinski definition) is 8. The number of nitrogens with zero attached hydrogens (tertiary/aromatic N) is 2. The number of benzene rings is 1. The molecule has 142 valence electrons. The predicted molar refractivity (Wildman–Crippen MR) is 101 cm³/mol. The van der Waals surface area contributed by atoms with Crippen LogP contribution in [0.1, 0.15) is 24.8 Å². The van der Waals surface area contributed by atoms with E-state index in [4.69, 9.17) is 9.47 Å². The van der Waals surface area contributed by atoms with Gasteiger partial charge in [-0.2, -0.15) is 0 Å². The van der Waals surface area contributed by atoms with E-state index in [-0.39, 0.29) is 30.3 Å². The lowest BCUT2D eigenvalue weighted by molar-refractivity contribution is -0.122. The van der Waals surface area contributed by atoms with Gasteiger partial charge in [0.2, 0.25) is 23.7 Å². The van der Waals surface area contributed by atoms with Crippen molar-refractivity contribution >= 4 is 40.0 Å². The van der Waals surface area contributed by atoms with Crippen molar-refractivity contribution in [3.8, 4) is 11.5 Å². The van der Waals surface area contributed by atoms with E-state index in [1.54, 1.807) is 0 Å². The van der Waals surface area contributed by atoms with Crippen molar-refractivity contribution in [2.24, 2.45) is 5.92 Å². The first-order chi connectivity index (χ1) is 13.2. The number of hydrogen-bond donors (Lipinski definition) is 2. The number of amides is 2. The van der Waals surface area contributed by atoms with Crippen LogP contribution >= 0.6 is 23.1 Å². The van der Waals surface area contributed by atoms with E-state index >= 15 is 0 Å². The first-order valence-corrected chi connectivity index (χ1v) is 10.4. The molecule has 0 spiro atoms. The van der Waals surface area contributed by atoms with Crippen LogP contribution in [-0.4, -0.2) is 34.6 Å². The lowest BCUT2D eigenvalue weighted by atomic mass is 9.85. The van der Waals surface area contributed by atoms with Gasteiger partial charge in [0.05, 0.1) is 5.75 Å². The fourth-order valence-corrected chi connectivity index (χ4v) is 4.21. The van der Waals surface area contributed by atoms with Gasteiger partial charge in [-0.25, -0.2) is 0 Å². The third kappa shape index (κ3) is 4.51. The minimum Gasteiger partial charge on any atom is -0.454 e. The van der Waals surface area contributed by atoms with E-state index in [0.717, 1.165) is 30.6 Å². The fourth-order valence-electron chi connectivity index (χ4n) is 2.63. The van der Waals surface area contributed by atoms with Crippen molar-refractivity contribution in [1.29, 1.82) is 0 Å². The van der Waals surface area contributed by atoms with Gasteiger partial charge in [0.1, 0.15) is 0 Å². The molecule has 1 saturated carbocycles. The average molecular weight is 406 g/mol. The predicted octanol–water partition coefficient (Wildman–Crippen LogP) is 2.41. The van der Waals surface area contributed by atoms with Crippen LogP contribution < -0.4 is 20.1 Å². The summed E-state index contributed by atoms with van der Waals surface area (Å²) in [7, 11) is 0. The number of carbonyl (C=O) groups is 2. The van der Waals surface area contributed by atoms with Crippen LogP contribution in [0, 0.1) is 5.92 Å². The molecule has 0 unspecified atom stereocenters. The Morgan fingerprint density at radius 3 is 2.89 bits per heavy atom. The number of aromatic nitrogens is 2. The second-order valence-electron chi connectivity index (χ2n) is 6.24. The summed E-state index contributed by atoms with van der Waals surface area (Å²) in [5.41, 5.74) is 0.939. The topological polar surface area (TPSA) is 102 Å². The van der Waals surface area contributed by atoms with Gasteiger partial charge in [0.15, 0.2) is 15.8 Å². The largest absolute Gasteiger partial charge is 0.454 e. The van der Waals surface area contributed by atoms with Gasteiger partial charge in [-0.3, -0.25) is 9.59 Å². The summed E-state index contributed by atoms with van der Waals surface area (Å²) in [5.74, 6) is 1.66. The van der Waals surface area contributed by atoms with E-state index in [9.17, 15) is 9.59 Å². The molecule has 1 fully saturated rings. The van der Waals surface area contributed by atoms with Crippen LogP contribution in [0.25, 0.3) is 0 Å². The number of anilines is 1. The Morgan fingerprint density at radius 1 is 1.22 bits per heavy atom. The zero-order valence-corrected chi connectivity index (χ0v) is 16.0. The third-order valence-corrected chi connectivity index (χ3v) is 6.34. The van der Waals surface area contributed by atoms with E-state index in [1.165, 1.54) is 23.1 Å². The van der Waals surface area contributed by atoms with Crippen LogP contribution in [0.3, 0.4) is 0 Å². The molecule has 8 nitrogen and oxygen atoms in total. The third-order valence-electron chi connectivity index (χ3n) is 4.37. The number of fused-ring (bicyclic) bond motifs is 1. The van der Waals surface area contributed by atoms with E-state index in [2.05, 4.69) is 20.8 Å². The van der Waals surface area contributed by atoms with Crippen molar-refractivity contribution in [2.45, 2.75) is 30.1 Å². The number of rotatable bonds is 7. The highest BCUT2D eigenvalue weighted by Crippen LogP contribution is 2.32. The lowest BCUT2D eigenvalue weighted by Gasteiger charge is -2.23. The summed E-state index contributed by atoms with van der Waals surface area (Å²) in [4.78, 5) is 23.9. The van der Waals surface area contributed by atoms with Crippen molar-refractivity contribution in [3.63, 3.8) is 0 Å². The zero-order chi connectivity index (χ0) is 18.6. The van der Waals surface area contributed by atoms with Crippen molar-refractivity contribution in [3.05, 3.63) is 23.8 Å². The molecule has 10 heteroatoms. The molecule has 1 aromatic carbocycles. The molecule has 0 radical (unpaired) electrons. The minimum absolute atomic E-state index is 0.00965. The Kier molecular flexibility index (Phi) is 5.44. The Hall–Kier alpha value is -2.33. The molecule has 27 heavy (non-hydrogen) atoms. The molecule has 0 atom stereocenters. The summed E-state index contributed by atoms with van der Waals surface area (Å²) < 4.78 is 11.2. The quantitative estimate of drug-likeness (QED) is 0.538. The summed E-state index contributed by atoms with van der Waals surface area (Å²) in [6, 6.07) is 5.58. The lowest BCUT2D eigenvalue weighted by Crippen LogP contribution is -2.27. The Labute approximate surface area is 164 Å². The van der Waals surface area contributed by atoms with Crippen LogP contribution in [0.4, 0.5) is 5.13 Å². The van der Waals surface area contributed by atoms with Gasteiger partial charge in [0, 0.05) is 12.5 Å². The summed E-state index contributed by atoms with van der Waals surface area (Å²) in [6.07, 6.45) is 2.99. The molecule has 4 rings (SSSR count). The molecular formula is C17H18N4O4S2. The Balaban J connectivity index is 1.20. The molecular weight excluding hydrogens is 388 g/mol. The number of nitrogens with one attached hydrogen (secondary N) is 2. The summed E-state index contributed by atoms with van der Waals surface area (Å²) in [6.45, 7) is 0.640. The van der Waals surface area contributed by atoms with Crippen LogP contribution in [0.15, 0.2) is 22.5 Å². The standard InChI is InChI=1S/C17H18N4O4S2/c22-14(18-7-10-4-5-12-13(6-10)25-9-24-12)8-26-17-21-20-16(27-17)19-15(23)11-2-1-3-11/h4-6,11H,1-3,7-9H2,(H,18,22)(H,19,20,23). The van der Waals surface area contributed by atoms with Crippen molar-refractivity contribution < 1.29 is 19.1 Å². The summed E-state index contributed by atoms with van der Waals surface area (Å²) in [5, 5.41) is 14.1. The summed E-state index contributed by atoms with van der Waals surface area (Å²) >= 11 is 2.58. The SMILES string of the molecule is O=C(CSc1nnc(NC(=O)C2CCC2)s1)NCc1ccc2c(c1)OCO2. The highest BCUT2D eigenvalue weighted by molar-refractivity contribution is 8.01. The monoisotopic (exact) mass is 406 g/mol. The van der Waals surface area contributed by atoms with Gasteiger partial charge in [0.25, 0.3) is 0 Å². The maximum atomic E-state index is 12.0. The van der Waals surface area contributed by atoms with E-state index in [1.807, 2.05) is 18.2 Å². The number of ether oxygens (including phenoxy) is 2.